The van der Waals surface area contributed by atoms with E-state index in [4.69, 9.17) is 73.5 Å². The van der Waals surface area contributed by atoms with Crippen molar-refractivity contribution in [2.24, 2.45) is 0 Å². The van der Waals surface area contributed by atoms with Crippen LogP contribution in [0.15, 0.2) is 0 Å². The molecule has 0 fully saturated rings. The van der Waals surface area contributed by atoms with E-state index in [0.717, 1.165) is 0 Å². The van der Waals surface area contributed by atoms with E-state index in [2.05, 4.69) is 0 Å². The van der Waals surface area contributed by atoms with Gasteiger partial charge < -0.3 is 34.8 Å². The van der Waals surface area contributed by atoms with Crippen LogP contribution in [0, 0.1) is 0 Å². The van der Waals surface area contributed by atoms with Crippen molar-refractivity contribution < 1.29 is 79.0 Å². The Bertz CT molecular complexity index is 440. The predicted molar refractivity (Wildman–Crippen MR) is 94.7 cm³/mol. The second-order valence-electron chi connectivity index (χ2n) is 1.92. The summed E-state index contributed by atoms with van der Waals surface area (Å²) in [5.41, 5.74) is 0. The fraction of sp³-hybridized carbons (Fsp3) is 0. The summed E-state index contributed by atoms with van der Waals surface area (Å²) in [6, 6.07) is 0. The van der Waals surface area contributed by atoms with Crippen LogP contribution in [-0.4, -0.2) is 221 Å². The van der Waals surface area contributed by atoms with Gasteiger partial charge in [0.25, 0.3) is 0 Å². The second kappa shape index (κ2) is 27.0. The molecule has 0 aromatic heterocycles. The summed E-state index contributed by atoms with van der Waals surface area (Å²) in [4.78, 5) is 43.1. The zero-order chi connectivity index (χ0) is 18.0. The molecule has 0 heterocycles. The van der Waals surface area contributed by atoms with Gasteiger partial charge in [-0.1, -0.05) is 0 Å². The maximum atomic E-state index is 8.88. The molecule has 0 spiro atoms. The summed E-state index contributed by atoms with van der Waals surface area (Å²) in [5, 5.41) is 0. The Balaban J connectivity index is -0.0000000183. The first kappa shape index (κ1) is 57.2. The van der Waals surface area contributed by atoms with E-state index in [0.29, 0.717) is 0 Å². The Morgan fingerprint density at radius 1 is 0.480 bits per heavy atom. The molecule has 12 N–H and O–H groups in total. The molecule has 0 aromatic rings. The molecule has 0 saturated carbocycles. The molecule has 0 radical (unpaired) electrons. The molecule has 0 saturated heterocycles. The van der Waals surface area contributed by atoms with Crippen LogP contribution in [-0.2, 0) is 29.9 Å². The molecule has 0 amide bonds. The van der Waals surface area contributed by atoms with Gasteiger partial charge in [0.2, 0.25) is 0 Å². The minimum absolute atomic E-state index is 0. The molecule has 0 atom stereocenters. The third-order valence-electron chi connectivity index (χ3n) is 0. The number of hydrogen-bond acceptors (Lipinski definition) is 6. The maximum absolute atomic E-state index is 8.88. The quantitative estimate of drug-likeness (QED) is 0.0724. The van der Waals surface area contributed by atoms with Gasteiger partial charge in [-0.05, 0) is 0 Å². The molecule has 0 aliphatic heterocycles. The van der Waals surface area contributed by atoms with Crippen molar-refractivity contribution in [2.45, 2.75) is 0 Å². The summed E-state index contributed by atoms with van der Waals surface area (Å²) >= 11 is 0. The Hall–Kier alpha value is 4.96. The van der Waals surface area contributed by atoms with E-state index in [-0.39, 0.29) is 156 Å². The van der Waals surface area contributed by atoms with E-state index in [1.165, 1.54) is 0 Å². The van der Waals surface area contributed by atoms with Crippen molar-refractivity contribution in [1.82, 2.24) is 0 Å². The zero-order valence-corrected chi connectivity index (χ0v) is 12.6. The molecule has 0 bridgehead atoms. The van der Waals surface area contributed by atoms with Crippen molar-refractivity contribution in [3.63, 3.8) is 0 Å². The SMILES string of the molecule is O.O=P(O)(O)O.O=P(O)(O)O.O=S(=O)(O)O.O=S(=O)(O)O.[CaH2].[CaH2].[CaH2].[CaH2]. The van der Waals surface area contributed by atoms with Crippen LogP contribution in [0.5, 0.6) is 0 Å². The van der Waals surface area contributed by atoms with Gasteiger partial charge in [0.05, 0.1) is 0 Å². The van der Waals surface area contributed by atoms with E-state index in [1.807, 2.05) is 0 Å². The van der Waals surface area contributed by atoms with E-state index in [9.17, 15) is 0 Å². The van der Waals surface area contributed by atoms with Crippen LogP contribution >= 0.6 is 15.6 Å². The fourth-order valence-electron chi connectivity index (χ4n) is 0. The van der Waals surface area contributed by atoms with E-state index in [1.54, 1.807) is 0 Å². The Labute approximate surface area is 260 Å². The molecule has 25 heavy (non-hydrogen) atoms. The molecule has 0 aromatic carbocycles. The summed E-state index contributed by atoms with van der Waals surface area (Å²) in [5.74, 6) is 0. The zero-order valence-electron chi connectivity index (χ0n) is 9.13. The van der Waals surface area contributed by atoms with Gasteiger partial charge in [0.1, 0.15) is 0 Å². The molecule has 0 aliphatic rings. The van der Waals surface area contributed by atoms with Gasteiger partial charge in [-0.25, -0.2) is 9.13 Å². The van der Waals surface area contributed by atoms with Gasteiger partial charge in [-0.15, -0.1) is 0 Å². The van der Waals surface area contributed by atoms with E-state index < -0.39 is 36.4 Å². The summed E-state index contributed by atoms with van der Waals surface area (Å²) in [7, 11) is -18.6. The van der Waals surface area contributed by atoms with Crippen LogP contribution in [0.4, 0.5) is 0 Å². The van der Waals surface area contributed by atoms with Crippen molar-refractivity contribution >= 4 is 187 Å². The Kier molecular flexibility index (Phi) is 61.8. The van der Waals surface area contributed by atoms with E-state index >= 15 is 0 Å². The molecular weight excluding hydrogens is 558 g/mol. The van der Waals surface area contributed by atoms with Gasteiger partial charge in [-0.2, -0.15) is 16.8 Å². The molecule has 0 unspecified atom stereocenters. The van der Waals surface area contributed by atoms with Crippen LogP contribution in [0.2, 0.25) is 0 Å². The van der Waals surface area contributed by atoms with Crippen LogP contribution in [0.3, 0.4) is 0 Å². The minimum atomic E-state index is -4.67. The standard InChI is InChI=1S/4Ca.2H3O4P.2H2O4S.H2O.8H/c;;;;4*1-5(2,3)4;;;;;;;;;/h;;;;2*(H3,1,2,3,4);2*(H2,1,2,3,4);1H2;;;;;;;;. The third kappa shape index (κ3) is 856. The molecule has 0 aliphatic carbocycles. The van der Waals surface area contributed by atoms with Gasteiger partial charge in [-0.3, -0.25) is 18.2 Å². The molecule has 25 heteroatoms. The monoisotopic (exact) mass is 578 g/mol. The third-order valence-corrected chi connectivity index (χ3v) is 0. The number of hydrogen-bond donors (Lipinski definition) is 10. The molecular formula is H20Ca4O17P2S2. The van der Waals surface area contributed by atoms with Gasteiger partial charge >= 0.3 is 187 Å². The summed E-state index contributed by atoms with van der Waals surface area (Å²) in [6.45, 7) is 0. The van der Waals surface area contributed by atoms with Gasteiger partial charge in [0.15, 0.2) is 0 Å². The predicted octanol–water partition coefficient (Wildman–Crippen LogP) is -7.65. The van der Waals surface area contributed by atoms with Crippen molar-refractivity contribution in [1.29, 1.82) is 0 Å². The Morgan fingerprint density at radius 2 is 0.480 bits per heavy atom. The normalized spacial score (nSPS) is 9.36. The molecule has 17 nitrogen and oxygen atoms in total. The topological polar surface area (TPSA) is 336 Å². The van der Waals surface area contributed by atoms with Crippen molar-refractivity contribution in [2.75, 3.05) is 0 Å². The van der Waals surface area contributed by atoms with Crippen molar-refractivity contribution in [3.05, 3.63) is 0 Å². The molecule has 152 valence electrons. The Morgan fingerprint density at radius 3 is 0.480 bits per heavy atom. The summed E-state index contributed by atoms with van der Waals surface area (Å²) in [6.07, 6.45) is 0. The second-order valence-corrected chi connectivity index (χ2v) is 5.77. The van der Waals surface area contributed by atoms with Crippen LogP contribution in [0.1, 0.15) is 0 Å². The first-order valence-electron chi connectivity index (χ1n) is 2.96. The van der Waals surface area contributed by atoms with Crippen LogP contribution in [0.25, 0.3) is 0 Å². The average Bonchev–Trinajstić information content (AvgIpc) is 1.62. The van der Waals surface area contributed by atoms with Gasteiger partial charge in [0, 0.05) is 0 Å². The summed E-state index contributed by atoms with van der Waals surface area (Å²) < 4.78 is 80.9. The first-order valence-corrected chi connectivity index (χ1v) is 8.89. The number of phosphoric acid groups is 2. The van der Waals surface area contributed by atoms with Crippen LogP contribution < -0.4 is 0 Å². The number of rotatable bonds is 0. The first-order chi connectivity index (χ1) is 8.00. The molecule has 0 rings (SSSR count). The van der Waals surface area contributed by atoms with Crippen molar-refractivity contribution in [3.8, 4) is 0 Å². The average molecular weight is 579 g/mol. The fourth-order valence-corrected chi connectivity index (χ4v) is 0.